The fraction of sp³-hybridized carbons (Fsp3) is 0.100. The number of aromatic nitrogens is 1. The number of hydrogen-bond acceptors (Lipinski definition) is 6. The number of imide groups is 1. The van der Waals surface area contributed by atoms with Gasteiger partial charge in [0.2, 0.25) is 6.10 Å². The van der Waals surface area contributed by atoms with Crippen molar-refractivity contribution in [1.82, 2.24) is 15.6 Å². The van der Waals surface area contributed by atoms with E-state index in [9.17, 15) is 14.4 Å². The van der Waals surface area contributed by atoms with Gasteiger partial charge < -0.3 is 10.1 Å². The summed E-state index contributed by atoms with van der Waals surface area (Å²) in [5, 5.41) is 7.08. The van der Waals surface area contributed by atoms with Crippen LogP contribution in [-0.2, 0) is 9.53 Å². The zero-order chi connectivity index (χ0) is 20.8. The molecule has 0 aliphatic carbocycles. The Balaban J connectivity index is 1.81. The highest BCUT2D eigenvalue weighted by molar-refractivity contribution is 7.13. The second-order valence-electron chi connectivity index (χ2n) is 5.81. The van der Waals surface area contributed by atoms with E-state index in [2.05, 4.69) is 15.6 Å². The Kier molecular flexibility index (Phi) is 6.58. The van der Waals surface area contributed by atoms with Gasteiger partial charge in [0.25, 0.3) is 5.91 Å². The molecule has 3 aromatic rings. The quantitative estimate of drug-likeness (QED) is 0.601. The standard InChI is InChI=1S/C20H16ClN3O4S/c1-22-20(27)24-17(25)16(12-6-3-2-4-7-12)28-19(26)15-11-29-18(23-15)13-8-5-9-14(21)10-13/h2-11,16H,1H3,(H2,22,24,25,27). The van der Waals surface area contributed by atoms with Crippen molar-refractivity contribution in [2.45, 2.75) is 6.10 Å². The van der Waals surface area contributed by atoms with Crippen LogP contribution in [0.25, 0.3) is 10.6 Å². The predicted molar refractivity (Wildman–Crippen MR) is 110 cm³/mol. The van der Waals surface area contributed by atoms with Crippen molar-refractivity contribution >= 4 is 40.8 Å². The molecule has 3 amide bonds. The molecule has 9 heteroatoms. The molecule has 1 atom stereocenters. The van der Waals surface area contributed by atoms with E-state index in [0.717, 1.165) is 5.56 Å². The molecule has 0 spiro atoms. The number of benzene rings is 2. The van der Waals surface area contributed by atoms with Crippen molar-refractivity contribution in [3.63, 3.8) is 0 Å². The highest BCUT2D eigenvalue weighted by Gasteiger charge is 2.28. The number of thiazole rings is 1. The van der Waals surface area contributed by atoms with E-state index in [1.165, 1.54) is 23.8 Å². The fourth-order valence-corrected chi connectivity index (χ4v) is 3.41. The molecule has 0 radical (unpaired) electrons. The molecular formula is C20H16ClN3O4S. The first kappa shape index (κ1) is 20.5. The van der Waals surface area contributed by atoms with E-state index >= 15 is 0 Å². The lowest BCUT2D eigenvalue weighted by molar-refractivity contribution is -0.129. The third-order valence-electron chi connectivity index (χ3n) is 3.81. The van der Waals surface area contributed by atoms with Crippen molar-refractivity contribution < 1.29 is 19.1 Å². The molecule has 148 valence electrons. The SMILES string of the molecule is CNC(=O)NC(=O)C(OC(=O)c1csc(-c2cccc(Cl)c2)n1)c1ccccc1. The van der Waals surface area contributed by atoms with Crippen LogP contribution in [0.2, 0.25) is 5.02 Å². The van der Waals surface area contributed by atoms with Crippen LogP contribution in [0.4, 0.5) is 4.79 Å². The van der Waals surface area contributed by atoms with Gasteiger partial charge in [0, 0.05) is 28.6 Å². The Morgan fingerprint density at radius 3 is 2.55 bits per heavy atom. The van der Waals surface area contributed by atoms with Crippen LogP contribution in [0.5, 0.6) is 0 Å². The first-order valence-electron chi connectivity index (χ1n) is 8.48. The predicted octanol–water partition coefficient (Wildman–Crippen LogP) is 3.82. The highest BCUT2D eigenvalue weighted by atomic mass is 35.5. The molecule has 1 aromatic heterocycles. The number of carbonyl (C=O) groups excluding carboxylic acids is 3. The number of nitrogens with one attached hydrogen (secondary N) is 2. The van der Waals surface area contributed by atoms with Gasteiger partial charge in [-0.15, -0.1) is 11.3 Å². The van der Waals surface area contributed by atoms with Gasteiger partial charge in [0.1, 0.15) is 5.01 Å². The van der Waals surface area contributed by atoms with E-state index < -0.39 is 24.0 Å². The van der Waals surface area contributed by atoms with E-state index in [4.69, 9.17) is 16.3 Å². The van der Waals surface area contributed by atoms with Crippen LogP contribution in [0, 0.1) is 0 Å². The molecule has 0 aliphatic heterocycles. The summed E-state index contributed by atoms with van der Waals surface area (Å²) in [6.07, 6.45) is -1.31. The number of nitrogens with zero attached hydrogens (tertiary/aromatic N) is 1. The van der Waals surface area contributed by atoms with Gasteiger partial charge in [-0.3, -0.25) is 10.1 Å². The minimum absolute atomic E-state index is 0.0543. The van der Waals surface area contributed by atoms with Crippen LogP contribution in [0.3, 0.4) is 0 Å². The van der Waals surface area contributed by atoms with Gasteiger partial charge in [-0.1, -0.05) is 54.1 Å². The van der Waals surface area contributed by atoms with Gasteiger partial charge in [-0.2, -0.15) is 0 Å². The van der Waals surface area contributed by atoms with Crippen LogP contribution in [0.15, 0.2) is 60.0 Å². The molecule has 0 aliphatic rings. The number of hydrogen-bond donors (Lipinski definition) is 2. The molecule has 0 saturated carbocycles. The minimum Gasteiger partial charge on any atom is -0.443 e. The summed E-state index contributed by atoms with van der Waals surface area (Å²) >= 11 is 7.25. The zero-order valence-corrected chi connectivity index (χ0v) is 16.8. The van der Waals surface area contributed by atoms with Gasteiger partial charge in [-0.25, -0.2) is 14.6 Å². The number of halogens is 1. The zero-order valence-electron chi connectivity index (χ0n) is 15.2. The van der Waals surface area contributed by atoms with Crippen molar-refractivity contribution in [1.29, 1.82) is 0 Å². The molecule has 7 nitrogen and oxygen atoms in total. The molecular weight excluding hydrogens is 414 g/mol. The summed E-state index contributed by atoms with van der Waals surface area (Å²) in [4.78, 5) is 40.9. The maximum atomic E-state index is 12.6. The first-order chi connectivity index (χ1) is 14.0. The first-order valence-corrected chi connectivity index (χ1v) is 9.73. The van der Waals surface area contributed by atoms with Crippen molar-refractivity contribution in [2.75, 3.05) is 7.05 Å². The lowest BCUT2D eigenvalue weighted by Gasteiger charge is -2.16. The second-order valence-corrected chi connectivity index (χ2v) is 7.11. The Hall–Kier alpha value is -3.23. The Morgan fingerprint density at radius 2 is 1.86 bits per heavy atom. The fourth-order valence-electron chi connectivity index (χ4n) is 2.43. The smallest absolute Gasteiger partial charge is 0.358 e. The molecule has 29 heavy (non-hydrogen) atoms. The Bertz CT molecular complexity index is 1040. The molecule has 1 unspecified atom stereocenters. The molecule has 0 bridgehead atoms. The topological polar surface area (TPSA) is 97.4 Å². The number of rotatable bonds is 5. The summed E-state index contributed by atoms with van der Waals surface area (Å²) in [7, 11) is 1.37. The van der Waals surface area contributed by atoms with Crippen LogP contribution in [0.1, 0.15) is 22.2 Å². The lowest BCUT2D eigenvalue weighted by atomic mass is 10.1. The van der Waals surface area contributed by atoms with Crippen molar-refractivity contribution in [3.8, 4) is 10.6 Å². The number of amides is 3. The lowest BCUT2D eigenvalue weighted by Crippen LogP contribution is -2.41. The minimum atomic E-state index is -1.31. The number of carbonyl (C=O) groups is 3. The highest BCUT2D eigenvalue weighted by Crippen LogP contribution is 2.27. The third kappa shape index (κ3) is 5.18. The Labute approximate surface area is 175 Å². The van der Waals surface area contributed by atoms with Gasteiger partial charge in [0.05, 0.1) is 0 Å². The second kappa shape index (κ2) is 9.31. The number of ether oxygens (including phenoxy) is 1. The summed E-state index contributed by atoms with van der Waals surface area (Å²) in [6.45, 7) is 0. The summed E-state index contributed by atoms with van der Waals surface area (Å²) in [5.74, 6) is -1.55. The Morgan fingerprint density at radius 1 is 1.10 bits per heavy atom. The maximum absolute atomic E-state index is 12.6. The summed E-state index contributed by atoms with van der Waals surface area (Å²) in [6, 6.07) is 14.8. The van der Waals surface area contributed by atoms with Crippen molar-refractivity contribution in [3.05, 3.63) is 76.3 Å². The average Bonchev–Trinajstić information content (AvgIpc) is 3.22. The monoisotopic (exact) mass is 429 g/mol. The maximum Gasteiger partial charge on any atom is 0.358 e. The largest absolute Gasteiger partial charge is 0.443 e. The van der Waals surface area contributed by atoms with E-state index in [0.29, 0.717) is 15.6 Å². The average molecular weight is 430 g/mol. The normalized spacial score (nSPS) is 11.4. The van der Waals surface area contributed by atoms with E-state index in [1.807, 2.05) is 6.07 Å². The van der Waals surface area contributed by atoms with Crippen LogP contribution in [-0.4, -0.2) is 29.9 Å². The summed E-state index contributed by atoms with van der Waals surface area (Å²) in [5.41, 5.74) is 1.24. The van der Waals surface area contributed by atoms with E-state index in [-0.39, 0.29) is 5.69 Å². The van der Waals surface area contributed by atoms with E-state index in [1.54, 1.807) is 48.5 Å². The van der Waals surface area contributed by atoms with Gasteiger partial charge in [-0.05, 0) is 12.1 Å². The molecule has 0 fully saturated rings. The van der Waals surface area contributed by atoms with Gasteiger partial charge >= 0.3 is 12.0 Å². The number of esters is 1. The molecule has 2 aromatic carbocycles. The molecule has 0 saturated heterocycles. The molecule has 1 heterocycles. The summed E-state index contributed by atoms with van der Waals surface area (Å²) < 4.78 is 5.39. The van der Waals surface area contributed by atoms with Gasteiger partial charge in [0.15, 0.2) is 5.69 Å². The molecule has 3 rings (SSSR count). The van der Waals surface area contributed by atoms with Crippen LogP contribution < -0.4 is 10.6 Å². The van der Waals surface area contributed by atoms with Crippen molar-refractivity contribution in [2.24, 2.45) is 0 Å². The molecule has 2 N–H and O–H groups in total. The third-order valence-corrected chi connectivity index (χ3v) is 4.94. The number of urea groups is 1. The van der Waals surface area contributed by atoms with Crippen LogP contribution >= 0.6 is 22.9 Å².